The van der Waals surface area contributed by atoms with Crippen LogP contribution in [0.2, 0.25) is 0 Å². The molecular weight excluding hydrogens is 294 g/mol. The van der Waals surface area contributed by atoms with Gasteiger partial charge in [0.2, 0.25) is 0 Å². The van der Waals surface area contributed by atoms with Gasteiger partial charge in [-0.3, -0.25) is 9.69 Å². The van der Waals surface area contributed by atoms with Gasteiger partial charge in [0, 0.05) is 25.4 Å². The van der Waals surface area contributed by atoms with Crippen LogP contribution >= 0.6 is 0 Å². The minimum Gasteiger partial charge on any atom is -0.465 e. The molecule has 2 fully saturated rings. The molecule has 5 nitrogen and oxygen atoms in total. The van der Waals surface area contributed by atoms with Gasteiger partial charge in [0.15, 0.2) is 5.79 Å². The van der Waals surface area contributed by atoms with Crippen molar-refractivity contribution in [3.05, 3.63) is 35.9 Å². The highest BCUT2D eigenvalue weighted by atomic mass is 16.7. The van der Waals surface area contributed by atoms with E-state index in [1.165, 1.54) is 5.56 Å². The zero-order valence-electron chi connectivity index (χ0n) is 13.9. The predicted octanol–water partition coefficient (Wildman–Crippen LogP) is 2.52. The Morgan fingerprint density at radius 3 is 2.70 bits per heavy atom. The smallest absolute Gasteiger partial charge is 0.323 e. The van der Waals surface area contributed by atoms with E-state index < -0.39 is 5.79 Å². The average molecular weight is 319 g/mol. The number of nitrogens with zero attached hydrogens (tertiary/aromatic N) is 1. The van der Waals surface area contributed by atoms with Crippen LogP contribution in [0.3, 0.4) is 0 Å². The summed E-state index contributed by atoms with van der Waals surface area (Å²) < 4.78 is 16.9. The lowest BCUT2D eigenvalue weighted by molar-refractivity contribution is -0.207. The Morgan fingerprint density at radius 2 is 2.04 bits per heavy atom. The lowest BCUT2D eigenvalue weighted by Gasteiger charge is -2.44. The first-order valence-corrected chi connectivity index (χ1v) is 8.40. The summed E-state index contributed by atoms with van der Waals surface area (Å²) in [6.07, 6.45) is 1.31. The Kier molecular flexibility index (Phi) is 4.99. The molecule has 0 aliphatic carbocycles. The fourth-order valence-corrected chi connectivity index (χ4v) is 3.57. The summed E-state index contributed by atoms with van der Waals surface area (Å²) in [6, 6.07) is 10.1. The van der Waals surface area contributed by atoms with Gasteiger partial charge in [-0.25, -0.2) is 0 Å². The van der Waals surface area contributed by atoms with E-state index >= 15 is 0 Å². The summed E-state index contributed by atoms with van der Waals surface area (Å²) >= 11 is 0. The molecule has 2 aliphatic rings. The second kappa shape index (κ2) is 6.99. The second-order valence-electron chi connectivity index (χ2n) is 6.15. The molecule has 1 aromatic carbocycles. The van der Waals surface area contributed by atoms with E-state index in [2.05, 4.69) is 24.0 Å². The van der Waals surface area contributed by atoms with Crippen molar-refractivity contribution in [1.82, 2.24) is 4.90 Å². The third-order valence-electron chi connectivity index (χ3n) is 4.81. The van der Waals surface area contributed by atoms with E-state index in [9.17, 15) is 4.79 Å². The number of hydrogen-bond donors (Lipinski definition) is 0. The van der Waals surface area contributed by atoms with Crippen molar-refractivity contribution < 1.29 is 19.0 Å². The number of ether oxygens (including phenoxy) is 3. The van der Waals surface area contributed by atoms with Gasteiger partial charge in [0.1, 0.15) is 6.04 Å². The standard InChI is InChI=1S/C18H25NO4/c1-3-21-17(20)16-13-18(22-11-12-23-18)9-10-19(16)14(2)15-7-5-4-6-8-15/h4-8,14,16H,3,9-13H2,1-2H3/t14-,16?/m0/s1. The Bertz CT molecular complexity index is 527. The summed E-state index contributed by atoms with van der Waals surface area (Å²) in [5.41, 5.74) is 1.20. The molecular formula is C18H25NO4. The molecule has 126 valence electrons. The SMILES string of the molecule is CCOC(=O)C1CC2(CCN1[C@@H](C)c1ccccc1)OCCO2. The zero-order valence-corrected chi connectivity index (χ0v) is 13.9. The first-order chi connectivity index (χ1) is 11.2. The van der Waals surface area contributed by atoms with E-state index in [-0.39, 0.29) is 18.1 Å². The first-order valence-electron chi connectivity index (χ1n) is 8.40. The number of carbonyl (C=O) groups is 1. The third-order valence-corrected chi connectivity index (χ3v) is 4.81. The van der Waals surface area contributed by atoms with Crippen LogP contribution in [0.15, 0.2) is 30.3 Å². The lowest BCUT2D eigenvalue weighted by atomic mass is 9.92. The van der Waals surface area contributed by atoms with Gasteiger partial charge >= 0.3 is 5.97 Å². The monoisotopic (exact) mass is 319 g/mol. The average Bonchev–Trinajstić information content (AvgIpc) is 3.03. The third kappa shape index (κ3) is 3.42. The van der Waals surface area contributed by atoms with Crippen LogP contribution in [0, 0.1) is 0 Å². The molecule has 2 saturated heterocycles. The van der Waals surface area contributed by atoms with Crippen LogP contribution in [0.5, 0.6) is 0 Å². The van der Waals surface area contributed by atoms with Crippen molar-refractivity contribution in [2.75, 3.05) is 26.4 Å². The lowest BCUT2D eigenvalue weighted by Crippen LogP contribution is -2.55. The highest BCUT2D eigenvalue weighted by molar-refractivity contribution is 5.76. The zero-order chi connectivity index (χ0) is 16.3. The van der Waals surface area contributed by atoms with E-state index in [1.54, 1.807) is 0 Å². The van der Waals surface area contributed by atoms with Gasteiger partial charge in [-0.05, 0) is 19.4 Å². The Balaban J connectivity index is 1.81. The molecule has 2 heterocycles. The molecule has 3 rings (SSSR count). The largest absolute Gasteiger partial charge is 0.465 e. The van der Waals surface area contributed by atoms with Crippen molar-refractivity contribution in [2.45, 2.75) is 44.6 Å². The summed E-state index contributed by atoms with van der Waals surface area (Å²) in [5.74, 6) is -0.793. The molecule has 0 aromatic heterocycles. The van der Waals surface area contributed by atoms with Crippen LogP contribution < -0.4 is 0 Å². The van der Waals surface area contributed by atoms with E-state index in [0.717, 1.165) is 13.0 Å². The molecule has 0 radical (unpaired) electrons. The van der Waals surface area contributed by atoms with Gasteiger partial charge < -0.3 is 14.2 Å². The first kappa shape index (κ1) is 16.4. The number of carbonyl (C=O) groups excluding carboxylic acids is 1. The fourth-order valence-electron chi connectivity index (χ4n) is 3.57. The molecule has 1 spiro atoms. The van der Waals surface area contributed by atoms with Crippen molar-refractivity contribution >= 4 is 5.97 Å². The topological polar surface area (TPSA) is 48.0 Å². The molecule has 5 heteroatoms. The summed E-state index contributed by atoms with van der Waals surface area (Å²) in [5, 5.41) is 0. The van der Waals surface area contributed by atoms with Crippen molar-refractivity contribution in [3.8, 4) is 0 Å². The summed E-state index contributed by atoms with van der Waals surface area (Å²) in [7, 11) is 0. The number of likely N-dealkylation sites (tertiary alicyclic amines) is 1. The van der Waals surface area contributed by atoms with Crippen LogP contribution in [-0.2, 0) is 19.0 Å². The normalized spacial score (nSPS) is 25.4. The second-order valence-corrected chi connectivity index (χ2v) is 6.15. The maximum atomic E-state index is 12.5. The maximum Gasteiger partial charge on any atom is 0.323 e. The Labute approximate surface area is 137 Å². The Morgan fingerprint density at radius 1 is 1.35 bits per heavy atom. The van der Waals surface area contributed by atoms with Crippen LogP contribution in [0.25, 0.3) is 0 Å². The van der Waals surface area contributed by atoms with Crippen LogP contribution in [0.1, 0.15) is 38.3 Å². The van der Waals surface area contributed by atoms with E-state index in [1.807, 2.05) is 25.1 Å². The molecule has 23 heavy (non-hydrogen) atoms. The van der Waals surface area contributed by atoms with Gasteiger partial charge in [-0.15, -0.1) is 0 Å². The molecule has 1 aromatic rings. The summed E-state index contributed by atoms with van der Waals surface area (Å²) in [6.45, 7) is 6.31. The molecule has 2 atom stereocenters. The molecule has 0 bridgehead atoms. The quantitative estimate of drug-likeness (QED) is 0.798. The van der Waals surface area contributed by atoms with E-state index in [0.29, 0.717) is 26.2 Å². The number of esters is 1. The van der Waals surface area contributed by atoms with Crippen molar-refractivity contribution in [2.24, 2.45) is 0 Å². The fraction of sp³-hybridized carbons (Fsp3) is 0.611. The molecule has 0 N–H and O–H groups in total. The van der Waals surface area contributed by atoms with Gasteiger partial charge in [0.05, 0.1) is 19.8 Å². The Hall–Kier alpha value is -1.43. The minimum absolute atomic E-state index is 0.143. The van der Waals surface area contributed by atoms with Gasteiger partial charge in [-0.2, -0.15) is 0 Å². The molecule has 1 unspecified atom stereocenters. The molecule has 0 amide bonds. The molecule has 0 saturated carbocycles. The van der Waals surface area contributed by atoms with Crippen molar-refractivity contribution in [3.63, 3.8) is 0 Å². The van der Waals surface area contributed by atoms with Gasteiger partial charge in [-0.1, -0.05) is 30.3 Å². The van der Waals surface area contributed by atoms with E-state index in [4.69, 9.17) is 14.2 Å². The number of hydrogen-bond acceptors (Lipinski definition) is 5. The minimum atomic E-state index is -0.607. The highest BCUT2D eigenvalue weighted by Crippen LogP contribution is 2.38. The summed E-state index contributed by atoms with van der Waals surface area (Å²) in [4.78, 5) is 14.7. The van der Waals surface area contributed by atoms with Crippen molar-refractivity contribution in [1.29, 1.82) is 0 Å². The van der Waals surface area contributed by atoms with Crippen LogP contribution in [0.4, 0.5) is 0 Å². The number of benzene rings is 1. The molecule has 2 aliphatic heterocycles. The van der Waals surface area contributed by atoms with Crippen LogP contribution in [-0.4, -0.2) is 49.1 Å². The van der Waals surface area contributed by atoms with Gasteiger partial charge in [0.25, 0.3) is 0 Å². The predicted molar refractivity (Wildman–Crippen MR) is 85.9 cm³/mol. The number of rotatable bonds is 4. The number of piperidine rings is 1. The highest BCUT2D eigenvalue weighted by Gasteiger charge is 2.48. The maximum absolute atomic E-state index is 12.5.